The van der Waals surface area contributed by atoms with Crippen molar-refractivity contribution in [2.24, 2.45) is 0 Å². The van der Waals surface area contributed by atoms with Gasteiger partial charge in [-0.15, -0.1) is 0 Å². The quantitative estimate of drug-likeness (QED) is 0.494. The number of sulfonamides is 1. The molecule has 2 heterocycles. The molecule has 1 aromatic heterocycles. The molecular weight excluding hydrogens is 456 g/mol. The Morgan fingerprint density at radius 3 is 2.38 bits per heavy atom. The molecule has 1 fully saturated rings. The van der Waals surface area contributed by atoms with E-state index in [1.54, 1.807) is 24.3 Å². The Labute approximate surface area is 199 Å². The minimum Gasteiger partial charge on any atom is -0.484 e. The lowest BCUT2D eigenvalue weighted by Crippen LogP contribution is -2.27. The lowest BCUT2D eigenvalue weighted by Gasteiger charge is -2.15. The zero-order valence-electron chi connectivity index (χ0n) is 19.2. The Hall–Kier alpha value is -3.24. The van der Waals surface area contributed by atoms with Crippen molar-refractivity contribution in [1.82, 2.24) is 14.4 Å². The SMILES string of the molecule is CC(C)c1nc(Cc2ccc(NC(=O)COc3ccc(S(=O)(=O)N4CCCC4)cc3)cc2)no1. The molecule has 3 aromatic rings. The second-order valence-corrected chi connectivity index (χ2v) is 10.4. The van der Waals surface area contributed by atoms with Crippen LogP contribution >= 0.6 is 0 Å². The fraction of sp³-hybridized carbons (Fsp3) is 0.375. The van der Waals surface area contributed by atoms with Crippen molar-refractivity contribution in [2.45, 2.75) is 43.9 Å². The average molecular weight is 485 g/mol. The summed E-state index contributed by atoms with van der Waals surface area (Å²) in [5, 5.41) is 6.77. The third-order valence-corrected chi connectivity index (χ3v) is 7.39. The highest BCUT2D eigenvalue weighted by Gasteiger charge is 2.27. The standard InChI is InChI=1S/C24H28N4O5S/c1-17(2)24-26-22(27-33-24)15-18-5-7-19(8-6-18)25-23(29)16-32-20-9-11-21(12-10-20)34(30,31)28-13-3-4-14-28/h5-12,17H,3-4,13-16H2,1-2H3,(H,25,29). The van der Waals surface area contributed by atoms with E-state index in [-0.39, 0.29) is 23.3 Å². The number of hydrogen-bond acceptors (Lipinski definition) is 7. The van der Waals surface area contributed by atoms with Gasteiger partial charge in [-0.1, -0.05) is 31.1 Å². The maximum Gasteiger partial charge on any atom is 0.262 e. The summed E-state index contributed by atoms with van der Waals surface area (Å²) in [6.07, 6.45) is 2.31. The summed E-state index contributed by atoms with van der Waals surface area (Å²) in [5.74, 6) is 1.52. The van der Waals surface area contributed by atoms with Crippen molar-refractivity contribution in [3.05, 3.63) is 65.8 Å². The predicted octanol–water partition coefficient (Wildman–Crippen LogP) is 3.59. The van der Waals surface area contributed by atoms with Crippen molar-refractivity contribution in [1.29, 1.82) is 0 Å². The Morgan fingerprint density at radius 2 is 1.76 bits per heavy atom. The number of carbonyl (C=O) groups is 1. The lowest BCUT2D eigenvalue weighted by molar-refractivity contribution is -0.118. The molecular formula is C24H28N4O5S. The Balaban J connectivity index is 1.26. The fourth-order valence-electron chi connectivity index (χ4n) is 3.59. The minimum atomic E-state index is -3.47. The smallest absolute Gasteiger partial charge is 0.262 e. The summed E-state index contributed by atoms with van der Waals surface area (Å²) in [7, 11) is -3.47. The fourth-order valence-corrected chi connectivity index (χ4v) is 5.11. The van der Waals surface area contributed by atoms with Crippen molar-refractivity contribution in [3.8, 4) is 5.75 Å². The van der Waals surface area contributed by atoms with Gasteiger partial charge in [-0.25, -0.2) is 8.42 Å². The summed E-state index contributed by atoms with van der Waals surface area (Å²) in [6, 6.07) is 13.5. The molecule has 0 atom stereocenters. The van der Waals surface area contributed by atoms with Gasteiger partial charge in [-0.2, -0.15) is 9.29 Å². The second-order valence-electron chi connectivity index (χ2n) is 8.50. The normalized spacial score (nSPS) is 14.4. The first kappa shape index (κ1) is 23.9. The zero-order valence-corrected chi connectivity index (χ0v) is 20.0. The highest BCUT2D eigenvalue weighted by Crippen LogP contribution is 2.23. The van der Waals surface area contributed by atoms with E-state index in [9.17, 15) is 13.2 Å². The summed E-state index contributed by atoms with van der Waals surface area (Å²) in [5.41, 5.74) is 1.63. The highest BCUT2D eigenvalue weighted by atomic mass is 32.2. The van der Waals surface area contributed by atoms with E-state index in [0.29, 0.717) is 42.7 Å². The molecule has 1 saturated heterocycles. The Bertz CT molecular complexity index is 1220. The van der Waals surface area contributed by atoms with E-state index in [4.69, 9.17) is 9.26 Å². The zero-order chi connectivity index (χ0) is 24.1. The number of aromatic nitrogens is 2. The number of rotatable bonds is 9. The first-order chi connectivity index (χ1) is 16.3. The van der Waals surface area contributed by atoms with Crippen molar-refractivity contribution >= 4 is 21.6 Å². The van der Waals surface area contributed by atoms with Gasteiger partial charge < -0.3 is 14.6 Å². The number of nitrogens with one attached hydrogen (secondary N) is 1. The van der Waals surface area contributed by atoms with Gasteiger partial charge in [0.15, 0.2) is 12.4 Å². The summed E-state index contributed by atoms with van der Waals surface area (Å²) in [6.45, 7) is 4.90. The molecule has 4 rings (SSSR count). The van der Waals surface area contributed by atoms with Crippen LogP contribution in [-0.4, -0.2) is 48.5 Å². The summed E-state index contributed by atoms with van der Waals surface area (Å²) < 4.78 is 37.4. The van der Waals surface area contributed by atoms with Gasteiger partial charge in [-0.05, 0) is 54.8 Å². The van der Waals surface area contributed by atoms with Crippen LogP contribution in [0.4, 0.5) is 5.69 Å². The van der Waals surface area contributed by atoms with Crippen LogP contribution < -0.4 is 10.1 Å². The van der Waals surface area contributed by atoms with E-state index in [0.717, 1.165) is 18.4 Å². The third kappa shape index (κ3) is 5.81. The number of hydrogen-bond donors (Lipinski definition) is 1. The van der Waals surface area contributed by atoms with Crippen LogP contribution in [0.15, 0.2) is 57.9 Å². The molecule has 34 heavy (non-hydrogen) atoms. The maximum absolute atomic E-state index is 12.6. The molecule has 1 amide bonds. The molecule has 0 spiro atoms. The topological polar surface area (TPSA) is 115 Å². The van der Waals surface area contributed by atoms with Crippen LogP contribution in [0.3, 0.4) is 0 Å². The molecule has 10 heteroatoms. The molecule has 1 N–H and O–H groups in total. The Kier molecular flexibility index (Phi) is 7.28. The van der Waals surface area contributed by atoms with Gasteiger partial charge in [0, 0.05) is 31.1 Å². The molecule has 0 saturated carbocycles. The predicted molar refractivity (Wildman–Crippen MR) is 126 cm³/mol. The molecule has 180 valence electrons. The molecule has 0 radical (unpaired) electrons. The van der Waals surface area contributed by atoms with Crippen LogP contribution in [0.1, 0.15) is 49.9 Å². The van der Waals surface area contributed by atoms with E-state index >= 15 is 0 Å². The number of carbonyl (C=O) groups excluding carboxylic acids is 1. The van der Waals surface area contributed by atoms with Gasteiger partial charge >= 0.3 is 0 Å². The maximum atomic E-state index is 12.6. The molecule has 0 aliphatic carbocycles. The van der Waals surface area contributed by atoms with E-state index in [2.05, 4.69) is 15.5 Å². The van der Waals surface area contributed by atoms with E-state index < -0.39 is 10.0 Å². The van der Waals surface area contributed by atoms with Gasteiger partial charge in [0.25, 0.3) is 5.91 Å². The Morgan fingerprint density at radius 1 is 1.09 bits per heavy atom. The number of nitrogens with zero attached hydrogens (tertiary/aromatic N) is 3. The molecule has 1 aliphatic rings. The molecule has 0 bridgehead atoms. The number of anilines is 1. The van der Waals surface area contributed by atoms with Gasteiger partial charge in [-0.3, -0.25) is 4.79 Å². The monoisotopic (exact) mass is 484 g/mol. The number of amides is 1. The largest absolute Gasteiger partial charge is 0.484 e. The third-order valence-electron chi connectivity index (χ3n) is 5.47. The van der Waals surface area contributed by atoms with E-state index in [1.807, 2.05) is 26.0 Å². The molecule has 1 aliphatic heterocycles. The van der Waals surface area contributed by atoms with Crippen molar-refractivity contribution < 1.29 is 22.5 Å². The van der Waals surface area contributed by atoms with Gasteiger partial charge in [0.2, 0.25) is 15.9 Å². The van der Waals surface area contributed by atoms with Gasteiger partial charge in [0.1, 0.15) is 5.75 Å². The van der Waals surface area contributed by atoms with Crippen LogP contribution in [-0.2, 0) is 21.2 Å². The molecule has 2 aromatic carbocycles. The second kappa shape index (κ2) is 10.4. The van der Waals surface area contributed by atoms with Crippen molar-refractivity contribution in [2.75, 3.05) is 25.0 Å². The van der Waals surface area contributed by atoms with E-state index in [1.165, 1.54) is 16.4 Å². The summed E-state index contributed by atoms with van der Waals surface area (Å²) in [4.78, 5) is 16.9. The highest BCUT2D eigenvalue weighted by molar-refractivity contribution is 7.89. The van der Waals surface area contributed by atoms with Crippen LogP contribution in [0.5, 0.6) is 5.75 Å². The van der Waals surface area contributed by atoms with Gasteiger partial charge in [0.05, 0.1) is 4.90 Å². The number of benzene rings is 2. The molecule has 0 unspecified atom stereocenters. The van der Waals surface area contributed by atoms with Crippen LogP contribution in [0.25, 0.3) is 0 Å². The number of ether oxygens (including phenoxy) is 1. The first-order valence-corrected chi connectivity index (χ1v) is 12.7. The molecule has 9 nitrogen and oxygen atoms in total. The van der Waals surface area contributed by atoms with Crippen LogP contribution in [0.2, 0.25) is 0 Å². The summed E-state index contributed by atoms with van der Waals surface area (Å²) >= 11 is 0. The average Bonchev–Trinajstić information content (AvgIpc) is 3.52. The van der Waals surface area contributed by atoms with Crippen LogP contribution in [0, 0.1) is 0 Å². The minimum absolute atomic E-state index is 0.182. The van der Waals surface area contributed by atoms with Crippen molar-refractivity contribution in [3.63, 3.8) is 0 Å². The first-order valence-electron chi connectivity index (χ1n) is 11.3. The lowest BCUT2D eigenvalue weighted by atomic mass is 10.1.